The van der Waals surface area contributed by atoms with Crippen LogP contribution >= 0.6 is 0 Å². The second-order valence-corrected chi connectivity index (χ2v) is 2.05. The van der Waals surface area contributed by atoms with Crippen molar-refractivity contribution >= 4 is 11.9 Å². The minimum absolute atomic E-state index is 0.467. The molecule has 1 rings (SSSR count). The van der Waals surface area contributed by atoms with E-state index in [9.17, 15) is 4.79 Å². The van der Waals surface area contributed by atoms with Crippen LogP contribution in [-0.4, -0.2) is 23.4 Å². The van der Waals surface area contributed by atoms with E-state index in [1.165, 1.54) is 7.11 Å². The highest BCUT2D eigenvalue weighted by Crippen LogP contribution is 2.03. The summed E-state index contributed by atoms with van der Waals surface area (Å²) >= 11 is 0. The van der Waals surface area contributed by atoms with Crippen LogP contribution in [0, 0.1) is 6.92 Å². The normalized spacial score (nSPS) is 9.27. The summed E-state index contributed by atoms with van der Waals surface area (Å²) in [4.78, 5) is 10.6. The molecular weight excluding hydrogens is 146 g/mol. The van der Waals surface area contributed by atoms with Crippen molar-refractivity contribution in [3.8, 4) is 0 Å². The van der Waals surface area contributed by atoms with Crippen LogP contribution in [-0.2, 0) is 4.74 Å². The maximum absolute atomic E-state index is 10.6. The number of H-pyrrole nitrogens is 1. The number of nitrogens with zero attached hydrogens (tertiary/aromatic N) is 1. The molecule has 0 aliphatic heterocycles. The molecule has 1 aromatic rings. The second kappa shape index (κ2) is 3.05. The van der Waals surface area contributed by atoms with Crippen LogP contribution in [0.15, 0.2) is 6.07 Å². The summed E-state index contributed by atoms with van der Waals surface area (Å²) in [7, 11) is 1.30. The van der Waals surface area contributed by atoms with Crippen LogP contribution in [0.25, 0.3) is 0 Å². The number of rotatable bonds is 1. The van der Waals surface area contributed by atoms with Gasteiger partial charge >= 0.3 is 6.09 Å². The van der Waals surface area contributed by atoms with Crippen molar-refractivity contribution in [1.82, 2.24) is 10.2 Å². The molecule has 0 radical (unpaired) electrons. The van der Waals surface area contributed by atoms with Gasteiger partial charge in [0.2, 0.25) is 0 Å². The lowest BCUT2D eigenvalue weighted by Gasteiger charge is -1.96. The van der Waals surface area contributed by atoms with Gasteiger partial charge in [-0.1, -0.05) is 0 Å². The molecule has 0 aliphatic carbocycles. The molecule has 11 heavy (non-hydrogen) atoms. The number of nitrogens with one attached hydrogen (secondary N) is 2. The predicted molar refractivity (Wildman–Crippen MR) is 39.4 cm³/mol. The van der Waals surface area contributed by atoms with E-state index in [2.05, 4.69) is 20.3 Å². The molecular formula is C6H9N3O2. The number of amides is 1. The van der Waals surface area contributed by atoms with E-state index in [1.54, 1.807) is 6.07 Å². The summed E-state index contributed by atoms with van der Waals surface area (Å²) in [5.41, 5.74) is 0.886. The molecule has 0 unspecified atom stereocenters. The molecule has 0 saturated carbocycles. The van der Waals surface area contributed by atoms with Gasteiger partial charge in [-0.25, -0.2) is 4.79 Å². The average Bonchev–Trinajstić information content (AvgIpc) is 2.35. The lowest BCUT2D eigenvalue weighted by molar-refractivity contribution is 0.187. The molecule has 2 N–H and O–H groups in total. The number of ether oxygens (including phenoxy) is 1. The SMILES string of the molecule is COC(=O)Nc1cc(C)[nH]n1. The van der Waals surface area contributed by atoms with Crippen LogP contribution in [0.3, 0.4) is 0 Å². The van der Waals surface area contributed by atoms with Gasteiger partial charge in [-0.3, -0.25) is 10.4 Å². The van der Waals surface area contributed by atoms with E-state index in [0.29, 0.717) is 5.82 Å². The molecule has 0 spiro atoms. The quantitative estimate of drug-likeness (QED) is 0.633. The first-order valence-corrected chi connectivity index (χ1v) is 3.09. The van der Waals surface area contributed by atoms with Crippen LogP contribution in [0.1, 0.15) is 5.69 Å². The average molecular weight is 155 g/mol. The number of hydrogen-bond donors (Lipinski definition) is 2. The Hall–Kier alpha value is -1.52. The number of aromatic amines is 1. The lowest BCUT2D eigenvalue weighted by atomic mass is 10.5. The number of aryl methyl sites for hydroxylation is 1. The Kier molecular flexibility index (Phi) is 2.10. The zero-order chi connectivity index (χ0) is 8.27. The second-order valence-electron chi connectivity index (χ2n) is 2.05. The van der Waals surface area contributed by atoms with Gasteiger partial charge in [-0.15, -0.1) is 0 Å². The van der Waals surface area contributed by atoms with Gasteiger partial charge in [0.1, 0.15) is 0 Å². The maximum atomic E-state index is 10.6. The van der Waals surface area contributed by atoms with Gasteiger partial charge in [-0.05, 0) is 6.92 Å². The Bertz CT molecular complexity index is 256. The number of hydrogen-bond acceptors (Lipinski definition) is 3. The van der Waals surface area contributed by atoms with Crippen molar-refractivity contribution in [2.75, 3.05) is 12.4 Å². The molecule has 0 bridgehead atoms. The third-order valence-electron chi connectivity index (χ3n) is 1.12. The van der Waals surface area contributed by atoms with E-state index < -0.39 is 6.09 Å². The summed E-state index contributed by atoms with van der Waals surface area (Å²) in [6.07, 6.45) is -0.517. The van der Waals surface area contributed by atoms with Gasteiger partial charge < -0.3 is 4.74 Å². The molecule has 0 atom stereocenters. The van der Waals surface area contributed by atoms with Crippen molar-refractivity contribution in [2.24, 2.45) is 0 Å². The van der Waals surface area contributed by atoms with Gasteiger partial charge in [0.15, 0.2) is 5.82 Å². The molecule has 0 aromatic carbocycles. The van der Waals surface area contributed by atoms with Crippen LogP contribution in [0.2, 0.25) is 0 Å². The third-order valence-corrected chi connectivity index (χ3v) is 1.12. The van der Waals surface area contributed by atoms with Crippen molar-refractivity contribution < 1.29 is 9.53 Å². The maximum Gasteiger partial charge on any atom is 0.412 e. The highest BCUT2D eigenvalue weighted by atomic mass is 16.5. The van der Waals surface area contributed by atoms with Gasteiger partial charge in [-0.2, -0.15) is 5.10 Å². The molecule has 0 aliphatic rings. The number of carbonyl (C=O) groups excluding carboxylic acids is 1. The van der Waals surface area contributed by atoms with E-state index in [0.717, 1.165) is 5.69 Å². The molecule has 1 heterocycles. The minimum Gasteiger partial charge on any atom is -0.453 e. The molecule has 60 valence electrons. The lowest BCUT2D eigenvalue weighted by Crippen LogP contribution is -2.10. The van der Waals surface area contributed by atoms with E-state index in [4.69, 9.17) is 0 Å². The molecule has 0 saturated heterocycles. The van der Waals surface area contributed by atoms with E-state index in [1.807, 2.05) is 6.92 Å². The summed E-state index contributed by atoms with van der Waals surface area (Å²) in [6.45, 7) is 1.84. The van der Waals surface area contributed by atoms with Crippen molar-refractivity contribution in [2.45, 2.75) is 6.92 Å². The molecule has 1 amide bonds. The zero-order valence-electron chi connectivity index (χ0n) is 6.34. The fraction of sp³-hybridized carbons (Fsp3) is 0.333. The number of aromatic nitrogens is 2. The Morgan fingerprint density at radius 2 is 2.55 bits per heavy atom. The highest BCUT2D eigenvalue weighted by Gasteiger charge is 2.01. The van der Waals surface area contributed by atoms with Gasteiger partial charge in [0, 0.05) is 11.8 Å². The summed E-state index contributed by atoms with van der Waals surface area (Å²) in [5, 5.41) is 8.85. The highest BCUT2D eigenvalue weighted by molar-refractivity contribution is 5.83. The van der Waals surface area contributed by atoms with Crippen molar-refractivity contribution in [1.29, 1.82) is 0 Å². The molecule has 0 fully saturated rings. The van der Waals surface area contributed by atoms with Crippen LogP contribution in [0.5, 0.6) is 0 Å². The first kappa shape index (κ1) is 7.59. The molecule has 5 heteroatoms. The fourth-order valence-corrected chi connectivity index (χ4v) is 0.638. The summed E-state index contributed by atoms with van der Waals surface area (Å²) in [5.74, 6) is 0.467. The Morgan fingerprint density at radius 3 is 3.00 bits per heavy atom. The molecule has 5 nitrogen and oxygen atoms in total. The van der Waals surface area contributed by atoms with Crippen molar-refractivity contribution in [3.05, 3.63) is 11.8 Å². The summed E-state index contributed by atoms with van der Waals surface area (Å²) in [6, 6.07) is 1.71. The first-order valence-electron chi connectivity index (χ1n) is 3.09. The number of carbonyl (C=O) groups is 1. The van der Waals surface area contributed by atoms with E-state index >= 15 is 0 Å². The monoisotopic (exact) mass is 155 g/mol. The van der Waals surface area contributed by atoms with E-state index in [-0.39, 0.29) is 0 Å². The van der Waals surface area contributed by atoms with Crippen LogP contribution in [0.4, 0.5) is 10.6 Å². The van der Waals surface area contributed by atoms with Gasteiger partial charge in [0.05, 0.1) is 7.11 Å². The Morgan fingerprint density at radius 1 is 1.82 bits per heavy atom. The predicted octanol–water partition coefficient (Wildman–Crippen LogP) is 0.896. The number of methoxy groups -OCH3 is 1. The topological polar surface area (TPSA) is 67.0 Å². The smallest absolute Gasteiger partial charge is 0.412 e. The third kappa shape index (κ3) is 1.96. The molecule has 1 aromatic heterocycles. The Labute approximate surface area is 63.7 Å². The Balaban J connectivity index is 2.57. The summed E-state index contributed by atoms with van der Waals surface area (Å²) < 4.78 is 4.36. The largest absolute Gasteiger partial charge is 0.453 e. The minimum atomic E-state index is -0.517. The van der Waals surface area contributed by atoms with Gasteiger partial charge in [0.25, 0.3) is 0 Å². The fourth-order valence-electron chi connectivity index (χ4n) is 0.638. The van der Waals surface area contributed by atoms with Crippen molar-refractivity contribution in [3.63, 3.8) is 0 Å². The van der Waals surface area contributed by atoms with Crippen LogP contribution < -0.4 is 5.32 Å². The zero-order valence-corrected chi connectivity index (χ0v) is 6.34. The number of anilines is 1. The standard InChI is InChI=1S/C6H9N3O2/c1-4-3-5(9-8-4)7-6(10)11-2/h3H,1-2H3,(H2,7,8,9,10). The first-order chi connectivity index (χ1) is 5.22.